The fourth-order valence-electron chi connectivity index (χ4n) is 3.92. The molecule has 1 saturated heterocycles. The van der Waals surface area contributed by atoms with E-state index in [2.05, 4.69) is 11.0 Å². The van der Waals surface area contributed by atoms with Crippen LogP contribution >= 0.6 is 0 Å². The Balaban J connectivity index is 1.67. The zero-order valence-electron chi connectivity index (χ0n) is 17.4. The molecule has 1 atom stereocenters. The van der Waals surface area contributed by atoms with Gasteiger partial charge < -0.3 is 14.4 Å². The fraction of sp³-hybridized carbons (Fsp3) is 0.435. The van der Waals surface area contributed by atoms with Gasteiger partial charge in [0.25, 0.3) is 0 Å². The van der Waals surface area contributed by atoms with E-state index in [1.165, 1.54) is 18.7 Å². The largest absolute Gasteiger partial charge is 0.497 e. The number of hydrogen-bond donors (Lipinski definition) is 0. The molecule has 5 nitrogen and oxygen atoms in total. The number of rotatable bonds is 8. The summed E-state index contributed by atoms with van der Waals surface area (Å²) in [5, 5.41) is 0. The van der Waals surface area contributed by atoms with Crippen LogP contribution in [-0.2, 0) is 11.3 Å². The fourth-order valence-corrected chi connectivity index (χ4v) is 3.92. The molecule has 0 radical (unpaired) electrons. The molecule has 6 heteroatoms. The Hall–Kier alpha value is -2.60. The molecule has 29 heavy (non-hydrogen) atoms. The van der Waals surface area contributed by atoms with Crippen LogP contribution in [0.25, 0.3) is 0 Å². The van der Waals surface area contributed by atoms with E-state index in [0.717, 1.165) is 30.7 Å². The Morgan fingerprint density at radius 3 is 2.72 bits per heavy atom. The van der Waals surface area contributed by atoms with Gasteiger partial charge in [0.15, 0.2) is 11.6 Å². The van der Waals surface area contributed by atoms with E-state index in [0.29, 0.717) is 19.6 Å². The van der Waals surface area contributed by atoms with Crippen LogP contribution in [0.4, 0.5) is 4.39 Å². The Morgan fingerprint density at radius 1 is 1.21 bits per heavy atom. The summed E-state index contributed by atoms with van der Waals surface area (Å²) < 4.78 is 24.3. The van der Waals surface area contributed by atoms with Crippen molar-refractivity contribution in [2.24, 2.45) is 0 Å². The number of likely N-dealkylation sites (tertiary alicyclic amines) is 1. The lowest BCUT2D eigenvalue weighted by Gasteiger charge is -2.28. The highest BCUT2D eigenvalue weighted by Crippen LogP contribution is 2.33. The van der Waals surface area contributed by atoms with Crippen LogP contribution in [0.1, 0.15) is 36.9 Å². The third kappa shape index (κ3) is 5.07. The quantitative estimate of drug-likeness (QED) is 0.671. The molecule has 1 aliphatic rings. The third-order valence-electron chi connectivity index (χ3n) is 5.50. The number of halogens is 1. The number of hydrogen-bond acceptors (Lipinski definition) is 4. The van der Waals surface area contributed by atoms with Crippen molar-refractivity contribution in [2.45, 2.75) is 32.4 Å². The number of ether oxygens (including phenoxy) is 2. The summed E-state index contributed by atoms with van der Waals surface area (Å²) in [6.07, 6.45) is 2.08. The molecule has 1 heterocycles. The van der Waals surface area contributed by atoms with Gasteiger partial charge in [-0.15, -0.1) is 0 Å². The summed E-state index contributed by atoms with van der Waals surface area (Å²) in [5.41, 5.74) is 1.93. The maximum absolute atomic E-state index is 14.0. The van der Waals surface area contributed by atoms with Crippen molar-refractivity contribution in [1.82, 2.24) is 9.80 Å². The van der Waals surface area contributed by atoms with Crippen LogP contribution in [0.15, 0.2) is 42.5 Å². The van der Waals surface area contributed by atoms with Gasteiger partial charge in [0, 0.05) is 19.1 Å². The van der Waals surface area contributed by atoms with Crippen molar-refractivity contribution in [2.75, 3.05) is 33.9 Å². The van der Waals surface area contributed by atoms with E-state index in [1.807, 2.05) is 25.1 Å². The molecule has 0 spiro atoms. The van der Waals surface area contributed by atoms with Gasteiger partial charge >= 0.3 is 0 Å². The number of benzene rings is 2. The summed E-state index contributed by atoms with van der Waals surface area (Å²) in [5.74, 6) is 0.684. The lowest BCUT2D eigenvalue weighted by atomic mass is 10.0. The van der Waals surface area contributed by atoms with E-state index in [4.69, 9.17) is 9.47 Å². The van der Waals surface area contributed by atoms with Crippen LogP contribution in [-0.4, -0.2) is 49.6 Å². The summed E-state index contributed by atoms with van der Waals surface area (Å²) in [6.45, 7) is 4.15. The van der Waals surface area contributed by atoms with Gasteiger partial charge in [-0.25, -0.2) is 4.39 Å². The number of carbonyl (C=O) groups excluding carboxylic acids is 1. The Morgan fingerprint density at radius 2 is 2.03 bits per heavy atom. The molecular formula is C23H29FN2O3. The molecule has 0 aromatic heterocycles. The molecule has 2 aromatic carbocycles. The number of methoxy groups -OCH3 is 2. The standard InChI is InChI=1S/C23H29FN2O3/c1-4-25(15-17-10-11-22(29-3)20(24)13-17)23(27)16-26-12-6-9-21(26)18-7-5-8-19(14-18)28-2/h5,7-8,10-11,13-14,21H,4,6,9,12,15-16H2,1-3H3. The maximum atomic E-state index is 14.0. The van der Waals surface area contributed by atoms with Crippen molar-refractivity contribution < 1.29 is 18.7 Å². The molecule has 156 valence electrons. The molecule has 2 aromatic rings. The molecule has 0 aliphatic carbocycles. The lowest BCUT2D eigenvalue weighted by Crippen LogP contribution is -2.39. The highest BCUT2D eigenvalue weighted by molar-refractivity contribution is 5.78. The smallest absolute Gasteiger partial charge is 0.237 e. The predicted molar refractivity (Wildman–Crippen MR) is 111 cm³/mol. The minimum atomic E-state index is -0.411. The van der Waals surface area contributed by atoms with Crippen LogP contribution in [0.5, 0.6) is 11.5 Å². The second-order valence-electron chi connectivity index (χ2n) is 7.28. The highest BCUT2D eigenvalue weighted by Gasteiger charge is 2.29. The lowest BCUT2D eigenvalue weighted by molar-refractivity contribution is -0.133. The minimum absolute atomic E-state index is 0.0542. The first-order valence-corrected chi connectivity index (χ1v) is 10.0. The summed E-state index contributed by atoms with van der Waals surface area (Å²) in [7, 11) is 3.10. The molecule has 1 unspecified atom stereocenters. The molecule has 1 fully saturated rings. The predicted octanol–water partition coefficient (Wildman–Crippen LogP) is 4.03. The summed E-state index contributed by atoms with van der Waals surface area (Å²) in [6, 6.07) is 13.1. The number of nitrogens with zero attached hydrogens (tertiary/aromatic N) is 2. The van der Waals surface area contributed by atoms with Gasteiger partial charge in [-0.3, -0.25) is 9.69 Å². The van der Waals surface area contributed by atoms with E-state index in [1.54, 1.807) is 24.1 Å². The van der Waals surface area contributed by atoms with Crippen molar-refractivity contribution in [3.8, 4) is 11.5 Å². The number of amides is 1. The molecular weight excluding hydrogens is 371 g/mol. The van der Waals surface area contributed by atoms with Crippen LogP contribution in [0.2, 0.25) is 0 Å². The first-order chi connectivity index (χ1) is 14.0. The minimum Gasteiger partial charge on any atom is -0.497 e. The zero-order chi connectivity index (χ0) is 20.8. The Kier molecular flexibility index (Phi) is 7.09. The van der Waals surface area contributed by atoms with Gasteiger partial charge in [0.2, 0.25) is 5.91 Å². The SMILES string of the molecule is CCN(Cc1ccc(OC)c(F)c1)C(=O)CN1CCCC1c1cccc(OC)c1. The third-order valence-corrected chi connectivity index (χ3v) is 5.50. The average molecular weight is 400 g/mol. The van der Waals surface area contributed by atoms with Crippen LogP contribution in [0, 0.1) is 5.82 Å². The Bertz CT molecular complexity index is 843. The van der Waals surface area contributed by atoms with Gasteiger partial charge in [0.05, 0.1) is 20.8 Å². The van der Waals surface area contributed by atoms with E-state index in [9.17, 15) is 9.18 Å². The van der Waals surface area contributed by atoms with E-state index < -0.39 is 5.82 Å². The number of likely N-dealkylation sites (N-methyl/N-ethyl adjacent to an activating group) is 1. The van der Waals surface area contributed by atoms with Crippen molar-refractivity contribution in [1.29, 1.82) is 0 Å². The topological polar surface area (TPSA) is 42.0 Å². The van der Waals surface area contributed by atoms with Crippen molar-refractivity contribution in [3.05, 3.63) is 59.4 Å². The van der Waals surface area contributed by atoms with Crippen LogP contribution < -0.4 is 9.47 Å². The normalized spacial score (nSPS) is 16.6. The molecule has 0 bridgehead atoms. The summed E-state index contributed by atoms with van der Waals surface area (Å²) >= 11 is 0. The van der Waals surface area contributed by atoms with Gasteiger partial charge in [-0.05, 0) is 61.7 Å². The van der Waals surface area contributed by atoms with Gasteiger partial charge in [0.1, 0.15) is 5.75 Å². The number of carbonyl (C=O) groups is 1. The average Bonchev–Trinajstić information content (AvgIpc) is 3.20. The second kappa shape index (κ2) is 9.74. The monoisotopic (exact) mass is 400 g/mol. The molecule has 1 amide bonds. The first kappa shape index (κ1) is 21.1. The second-order valence-corrected chi connectivity index (χ2v) is 7.28. The van der Waals surface area contributed by atoms with Crippen molar-refractivity contribution in [3.63, 3.8) is 0 Å². The molecule has 3 rings (SSSR count). The highest BCUT2D eigenvalue weighted by atomic mass is 19.1. The van der Waals surface area contributed by atoms with Gasteiger partial charge in [-0.2, -0.15) is 0 Å². The Labute approximate surface area is 172 Å². The molecule has 1 aliphatic heterocycles. The summed E-state index contributed by atoms with van der Waals surface area (Å²) in [4.78, 5) is 17.0. The molecule has 0 saturated carbocycles. The first-order valence-electron chi connectivity index (χ1n) is 10.0. The van der Waals surface area contributed by atoms with E-state index >= 15 is 0 Å². The zero-order valence-corrected chi connectivity index (χ0v) is 17.4. The van der Waals surface area contributed by atoms with Gasteiger partial charge in [-0.1, -0.05) is 18.2 Å². The van der Waals surface area contributed by atoms with Crippen molar-refractivity contribution >= 4 is 5.91 Å². The van der Waals surface area contributed by atoms with E-state index in [-0.39, 0.29) is 17.7 Å². The maximum Gasteiger partial charge on any atom is 0.237 e. The van der Waals surface area contributed by atoms with Crippen LogP contribution in [0.3, 0.4) is 0 Å². The molecule has 0 N–H and O–H groups in total.